The maximum absolute atomic E-state index is 12.7. The fraction of sp³-hybridized carbons (Fsp3) is 0.712. The predicted octanol–water partition coefficient (Wildman–Crippen LogP) is 18.0. The van der Waals surface area contributed by atoms with Crippen molar-refractivity contribution in [2.45, 2.75) is 258 Å². The highest BCUT2D eigenvalue weighted by Crippen LogP contribution is 2.15. The topological polar surface area (TPSA) is 78.9 Å². The zero-order chi connectivity index (χ0) is 47.2. The van der Waals surface area contributed by atoms with Gasteiger partial charge in [-0.05, 0) is 77.0 Å². The van der Waals surface area contributed by atoms with E-state index in [1.54, 1.807) is 0 Å². The molecule has 0 radical (unpaired) electrons. The zero-order valence-electron chi connectivity index (χ0n) is 42.5. The highest BCUT2D eigenvalue weighted by molar-refractivity contribution is 5.71. The van der Waals surface area contributed by atoms with E-state index in [-0.39, 0.29) is 31.1 Å². The Labute approximate surface area is 401 Å². The number of ether oxygens (including phenoxy) is 3. The zero-order valence-corrected chi connectivity index (χ0v) is 42.5. The number of allylic oxidation sites excluding steroid dienone is 14. The largest absolute Gasteiger partial charge is 0.462 e. The van der Waals surface area contributed by atoms with Crippen molar-refractivity contribution >= 4 is 17.9 Å². The Kier molecular flexibility index (Phi) is 50.4. The summed E-state index contributed by atoms with van der Waals surface area (Å²) in [7, 11) is 0. The number of unbranched alkanes of at least 4 members (excludes halogenated alkanes) is 23. The smallest absolute Gasteiger partial charge is 0.306 e. The predicted molar refractivity (Wildman–Crippen MR) is 279 cm³/mol. The van der Waals surface area contributed by atoms with E-state index in [2.05, 4.69) is 106 Å². The summed E-state index contributed by atoms with van der Waals surface area (Å²) in [5.41, 5.74) is 0. The lowest BCUT2D eigenvalue weighted by molar-refractivity contribution is -0.167. The van der Waals surface area contributed by atoms with E-state index >= 15 is 0 Å². The first-order valence-electron chi connectivity index (χ1n) is 27.1. The Hall–Kier alpha value is -3.41. The van der Waals surface area contributed by atoms with Crippen LogP contribution >= 0.6 is 0 Å². The third kappa shape index (κ3) is 51.4. The molecule has 1 atom stereocenters. The van der Waals surface area contributed by atoms with Gasteiger partial charge in [0.25, 0.3) is 0 Å². The first kappa shape index (κ1) is 61.6. The van der Waals surface area contributed by atoms with Crippen molar-refractivity contribution in [3.63, 3.8) is 0 Å². The van der Waals surface area contributed by atoms with Crippen molar-refractivity contribution in [2.75, 3.05) is 13.2 Å². The monoisotopic (exact) mass is 905 g/mol. The van der Waals surface area contributed by atoms with Crippen LogP contribution in [0.25, 0.3) is 0 Å². The van der Waals surface area contributed by atoms with Gasteiger partial charge in [-0.1, -0.05) is 241 Å². The van der Waals surface area contributed by atoms with Gasteiger partial charge in [-0.2, -0.15) is 0 Å². The van der Waals surface area contributed by atoms with Crippen LogP contribution in [0.3, 0.4) is 0 Å². The van der Waals surface area contributed by atoms with Gasteiger partial charge >= 0.3 is 17.9 Å². The van der Waals surface area contributed by atoms with E-state index in [1.807, 2.05) is 0 Å². The van der Waals surface area contributed by atoms with Crippen LogP contribution in [-0.4, -0.2) is 37.2 Å². The number of carbonyl (C=O) groups excluding carboxylic acids is 3. The quantitative estimate of drug-likeness (QED) is 0.0262. The second-order valence-corrected chi connectivity index (χ2v) is 17.8. The molecule has 0 saturated carbocycles. The normalized spacial score (nSPS) is 12.7. The number of hydrogen-bond donors (Lipinski definition) is 0. The molecule has 0 N–H and O–H groups in total. The molecule has 0 amide bonds. The van der Waals surface area contributed by atoms with Crippen LogP contribution < -0.4 is 0 Å². The number of esters is 3. The molecule has 1 unspecified atom stereocenters. The fourth-order valence-corrected chi connectivity index (χ4v) is 7.36. The molecule has 0 aromatic carbocycles. The molecule has 0 saturated heterocycles. The van der Waals surface area contributed by atoms with E-state index < -0.39 is 6.10 Å². The van der Waals surface area contributed by atoms with Crippen molar-refractivity contribution in [3.8, 4) is 0 Å². The van der Waals surface area contributed by atoms with E-state index in [9.17, 15) is 14.4 Å². The number of hydrogen-bond acceptors (Lipinski definition) is 6. The molecule has 65 heavy (non-hydrogen) atoms. The Morgan fingerprint density at radius 2 is 0.600 bits per heavy atom. The highest BCUT2D eigenvalue weighted by Gasteiger charge is 2.19. The first-order valence-corrected chi connectivity index (χ1v) is 27.1. The SMILES string of the molecule is CC/C=C\C/C=C\C/C=C\C/C=C\C/C=C\C/C=C\C/C=C\CCCCCCCC(=O)OCC(COC(=O)CCCCCCC)OC(=O)CCCCCCCCCCCCCCCCC. The van der Waals surface area contributed by atoms with E-state index in [1.165, 1.54) is 83.5 Å². The summed E-state index contributed by atoms with van der Waals surface area (Å²) >= 11 is 0. The Morgan fingerprint density at radius 1 is 0.323 bits per heavy atom. The van der Waals surface area contributed by atoms with E-state index in [0.29, 0.717) is 19.3 Å². The minimum absolute atomic E-state index is 0.0818. The summed E-state index contributed by atoms with van der Waals surface area (Å²) in [5, 5.41) is 0. The first-order chi connectivity index (χ1) is 32.0. The van der Waals surface area contributed by atoms with Crippen LogP contribution in [-0.2, 0) is 28.6 Å². The molecule has 0 fully saturated rings. The van der Waals surface area contributed by atoms with Crippen molar-refractivity contribution < 1.29 is 28.6 Å². The minimum Gasteiger partial charge on any atom is -0.462 e. The minimum atomic E-state index is -0.778. The second kappa shape index (κ2) is 53.2. The Balaban J connectivity index is 4.16. The third-order valence-corrected chi connectivity index (χ3v) is 11.4. The molecule has 0 heterocycles. The fourth-order valence-electron chi connectivity index (χ4n) is 7.36. The lowest BCUT2D eigenvalue weighted by Gasteiger charge is -2.18. The molecule has 0 aromatic rings. The maximum atomic E-state index is 12.7. The molecule has 6 heteroatoms. The van der Waals surface area contributed by atoms with Crippen molar-refractivity contribution in [3.05, 3.63) is 85.1 Å². The van der Waals surface area contributed by atoms with Gasteiger partial charge in [-0.15, -0.1) is 0 Å². The lowest BCUT2D eigenvalue weighted by Crippen LogP contribution is -2.30. The van der Waals surface area contributed by atoms with Gasteiger partial charge in [-0.3, -0.25) is 14.4 Å². The second-order valence-electron chi connectivity index (χ2n) is 17.8. The molecule has 0 rings (SSSR count). The van der Waals surface area contributed by atoms with E-state index in [4.69, 9.17) is 14.2 Å². The molecule has 0 aliphatic rings. The van der Waals surface area contributed by atoms with Crippen LogP contribution in [0.4, 0.5) is 0 Å². The maximum Gasteiger partial charge on any atom is 0.306 e. The van der Waals surface area contributed by atoms with Gasteiger partial charge in [0, 0.05) is 19.3 Å². The van der Waals surface area contributed by atoms with E-state index in [0.717, 1.165) is 128 Å². The van der Waals surface area contributed by atoms with Gasteiger partial charge in [0.2, 0.25) is 0 Å². The van der Waals surface area contributed by atoms with Crippen molar-refractivity contribution in [1.82, 2.24) is 0 Å². The lowest BCUT2D eigenvalue weighted by atomic mass is 10.0. The van der Waals surface area contributed by atoms with Gasteiger partial charge < -0.3 is 14.2 Å². The molecular formula is C59H100O6. The number of carbonyl (C=O) groups is 3. The third-order valence-electron chi connectivity index (χ3n) is 11.4. The van der Waals surface area contributed by atoms with Gasteiger partial charge in [0.15, 0.2) is 6.10 Å². The summed E-state index contributed by atoms with van der Waals surface area (Å²) in [5.74, 6) is -0.912. The summed E-state index contributed by atoms with van der Waals surface area (Å²) in [4.78, 5) is 37.7. The van der Waals surface area contributed by atoms with Crippen LogP contribution in [0.15, 0.2) is 85.1 Å². The van der Waals surface area contributed by atoms with Crippen LogP contribution in [0, 0.1) is 0 Å². The Bertz CT molecular complexity index is 1270. The standard InChI is InChI=1S/C59H100O6/c1-4-7-10-13-15-17-19-21-23-24-25-26-27-28-29-30-31-32-33-34-36-37-39-41-43-46-49-52-58(61)64-55-56(54-63-57(60)51-48-45-12-9-6-3)65-59(62)53-50-47-44-42-40-38-35-22-20-18-16-14-11-8-5-2/h7,10,15,17,21,23,25-26,28-29,31-32,34,36,56H,4-6,8-9,11-14,16,18-20,22,24,27,30,33,35,37-55H2,1-3H3/b10-7-,17-15-,23-21-,26-25-,29-28-,32-31-,36-34-. The van der Waals surface area contributed by atoms with Gasteiger partial charge in [0.1, 0.15) is 13.2 Å². The van der Waals surface area contributed by atoms with Crippen molar-refractivity contribution in [1.29, 1.82) is 0 Å². The summed E-state index contributed by atoms with van der Waals surface area (Å²) in [6, 6.07) is 0. The molecule has 0 spiro atoms. The molecule has 372 valence electrons. The number of rotatable bonds is 48. The molecule has 0 aliphatic heterocycles. The summed E-state index contributed by atoms with van der Waals surface area (Å²) in [6.07, 6.45) is 69.0. The molecule has 0 aliphatic carbocycles. The van der Waals surface area contributed by atoms with Crippen molar-refractivity contribution in [2.24, 2.45) is 0 Å². The van der Waals surface area contributed by atoms with Crippen LogP contribution in [0.2, 0.25) is 0 Å². The molecular weight excluding hydrogens is 805 g/mol. The van der Waals surface area contributed by atoms with Gasteiger partial charge in [0.05, 0.1) is 0 Å². The van der Waals surface area contributed by atoms with Crippen LogP contribution in [0.5, 0.6) is 0 Å². The molecule has 6 nitrogen and oxygen atoms in total. The average molecular weight is 905 g/mol. The Morgan fingerprint density at radius 3 is 0.938 bits per heavy atom. The summed E-state index contributed by atoms with van der Waals surface area (Å²) < 4.78 is 16.7. The summed E-state index contributed by atoms with van der Waals surface area (Å²) in [6.45, 7) is 6.43. The average Bonchev–Trinajstić information content (AvgIpc) is 3.30. The molecule has 0 aromatic heterocycles. The van der Waals surface area contributed by atoms with Gasteiger partial charge in [-0.25, -0.2) is 0 Å². The molecule has 0 bridgehead atoms. The highest BCUT2D eigenvalue weighted by atomic mass is 16.6. The van der Waals surface area contributed by atoms with Crippen LogP contribution in [0.1, 0.15) is 252 Å².